The van der Waals surface area contributed by atoms with E-state index in [0.717, 1.165) is 32.8 Å². The molecule has 2 aliphatic rings. The molecule has 148 valence electrons. The SMILES string of the molecule is CC(=S)NC[C@H]1CN(c2ccc(OCCN3CCOCC3)c(F)c2)C(=O)O1. The molecule has 1 N–H and O–H groups in total. The second kappa shape index (κ2) is 9.29. The summed E-state index contributed by atoms with van der Waals surface area (Å²) in [5.41, 5.74) is 0.444. The van der Waals surface area contributed by atoms with Gasteiger partial charge in [0.15, 0.2) is 11.6 Å². The Hall–Kier alpha value is -1.97. The van der Waals surface area contributed by atoms with E-state index in [-0.39, 0.29) is 11.9 Å². The fourth-order valence-electron chi connectivity index (χ4n) is 2.98. The summed E-state index contributed by atoms with van der Waals surface area (Å²) in [4.78, 5) is 16.3. The number of benzene rings is 1. The lowest BCUT2D eigenvalue weighted by atomic mass is 10.2. The normalized spacial score (nSPS) is 20.4. The Labute approximate surface area is 163 Å². The highest BCUT2D eigenvalue weighted by Crippen LogP contribution is 2.27. The number of hydrogen-bond donors (Lipinski definition) is 1. The van der Waals surface area contributed by atoms with Crippen LogP contribution in [0.15, 0.2) is 18.2 Å². The number of amides is 1. The van der Waals surface area contributed by atoms with Crippen molar-refractivity contribution in [3.05, 3.63) is 24.0 Å². The first kappa shape index (κ1) is 19.8. The molecule has 0 radical (unpaired) electrons. The zero-order valence-corrected chi connectivity index (χ0v) is 16.1. The lowest BCUT2D eigenvalue weighted by Crippen LogP contribution is -2.38. The van der Waals surface area contributed by atoms with Crippen molar-refractivity contribution in [2.75, 3.05) is 57.4 Å². The maximum absolute atomic E-state index is 14.4. The van der Waals surface area contributed by atoms with E-state index < -0.39 is 11.9 Å². The number of rotatable bonds is 7. The number of morpholine rings is 1. The minimum Gasteiger partial charge on any atom is -0.489 e. The molecule has 0 aromatic heterocycles. The third kappa shape index (κ3) is 5.50. The zero-order chi connectivity index (χ0) is 19.2. The summed E-state index contributed by atoms with van der Waals surface area (Å²) in [6.45, 7) is 6.81. The summed E-state index contributed by atoms with van der Waals surface area (Å²) >= 11 is 4.95. The minimum atomic E-state index is -0.501. The van der Waals surface area contributed by atoms with Crippen molar-refractivity contribution in [1.82, 2.24) is 10.2 Å². The first-order valence-electron chi connectivity index (χ1n) is 8.98. The fraction of sp³-hybridized carbons (Fsp3) is 0.556. The number of thiocarbonyl (C=S) groups is 1. The van der Waals surface area contributed by atoms with Crippen LogP contribution in [0.1, 0.15) is 6.92 Å². The first-order chi connectivity index (χ1) is 13.0. The fourth-order valence-corrected chi connectivity index (χ4v) is 3.06. The molecule has 0 unspecified atom stereocenters. The van der Waals surface area contributed by atoms with Gasteiger partial charge in [-0.2, -0.15) is 0 Å². The smallest absolute Gasteiger partial charge is 0.414 e. The van der Waals surface area contributed by atoms with E-state index in [4.69, 9.17) is 26.4 Å². The molecule has 3 rings (SSSR count). The second-order valence-corrected chi connectivity index (χ2v) is 7.08. The summed E-state index contributed by atoms with van der Waals surface area (Å²) < 4.78 is 30.5. The van der Waals surface area contributed by atoms with Crippen LogP contribution in [-0.2, 0) is 9.47 Å². The summed E-state index contributed by atoms with van der Waals surface area (Å²) in [6.07, 6.45) is -0.827. The van der Waals surface area contributed by atoms with E-state index in [0.29, 0.717) is 30.4 Å². The van der Waals surface area contributed by atoms with E-state index in [9.17, 15) is 9.18 Å². The van der Waals surface area contributed by atoms with Crippen LogP contribution in [0, 0.1) is 5.82 Å². The molecule has 0 bridgehead atoms. The molecule has 1 amide bonds. The molecule has 9 heteroatoms. The van der Waals surface area contributed by atoms with Crippen molar-refractivity contribution in [2.45, 2.75) is 13.0 Å². The Bertz CT molecular complexity index is 685. The van der Waals surface area contributed by atoms with Crippen LogP contribution in [0.3, 0.4) is 0 Å². The number of ether oxygens (including phenoxy) is 3. The van der Waals surface area contributed by atoms with E-state index in [1.54, 1.807) is 19.1 Å². The van der Waals surface area contributed by atoms with Crippen LogP contribution in [-0.4, -0.2) is 74.6 Å². The number of carbonyl (C=O) groups is 1. The summed E-state index contributed by atoms with van der Waals surface area (Å²) in [6, 6.07) is 4.50. The summed E-state index contributed by atoms with van der Waals surface area (Å²) in [5.74, 6) is -0.326. The number of nitrogens with one attached hydrogen (secondary N) is 1. The van der Waals surface area contributed by atoms with E-state index in [2.05, 4.69) is 10.2 Å². The average Bonchev–Trinajstić information content (AvgIpc) is 3.03. The number of cyclic esters (lactones) is 1. The maximum Gasteiger partial charge on any atom is 0.414 e. The van der Waals surface area contributed by atoms with Crippen molar-refractivity contribution in [3.8, 4) is 5.75 Å². The highest BCUT2D eigenvalue weighted by molar-refractivity contribution is 7.80. The molecule has 2 saturated heterocycles. The second-order valence-electron chi connectivity index (χ2n) is 6.47. The lowest BCUT2D eigenvalue weighted by molar-refractivity contribution is 0.0320. The molecule has 0 saturated carbocycles. The van der Waals surface area contributed by atoms with Crippen molar-refractivity contribution < 1.29 is 23.4 Å². The Morgan fingerprint density at radius 1 is 1.41 bits per heavy atom. The average molecular weight is 397 g/mol. The molecule has 27 heavy (non-hydrogen) atoms. The Balaban J connectivity index is 1.52. The lowest BCUT2D eigenvalue weighted by Gasteiger charge is -2.26. The molecule has 0 spiro atoms. The van der Waals surface area contributed by atoms with Crippen LogP contribution in [0.2, 0.25) is 0 Å². The van der Waals surface area contributed by atoms with Crippen LogP contribution in [0.4, 0.5) is 14.9 Å². The van der Waals surface area contributed by atoms with Crippen molar-refractivity contribution in [1.29, 1.82) is 0 Å². The summed E-state index contributed by atoms with van der Waals surface area (Å²) in [5, 5.41) is 2.97. The van der Waals surface area contributed by atoms with Crippen molar-refractivity contribution >= 4 is 29.0 Å². The Kier molecular flexibility index (Phi) is 6.81. The minimum absolute atomic E-state index is 0.175. The predicted molar refractivity (Wildman–Crippen MR) is 103 cm³/mol. The molecular weight excluding hydrogens is 373 g/mol. The Morgan fingerprint density at radius 3 is 2.89 bits per heavy atom. The number of carbonyl (C=O) groups excluding carboxylic acids is 1. The standard InChI is InChI=1S/C18H24FN3O4S/c1-13(27)20-11-15-12-22(18(23)26-15)14-2-3-17(16(19)10-14)25-9-6-21-4-7-24-8-5-21/h2-3,10,15H,4-9,11-12H2,1H3,(H,20,27)/t15-/m0/s1. The van der Waals surface area contributed by atoms with Crippen molar-refractivity contribution in [2.24, 2.45) is 0 Å². The van der Waals surface area contributed by atoms with E-state index in [1.165, 1.54) is 11.0 Å². The molecule has 2 aliphatic heterocycles. The van der Waals surface area contributed by atoms with Crippen LogP contribution in [0.5, 0.6) is 5.75 Å². The topological polar surface area (TPSA) is 63.3 Å². The van der Waals surface area contributed by atoms with Crippen LogP contribution in [0.25, 0.3) is 0 Å². The number of hydrogen-bond acceptors (Lipinski definition) is 6. The van der Waals surface area contributed by atoms with E-state index >= 15 is 0 Å². The molecule has 0 aliphatic carbocycles. The number of anilines is 1. The molecule has 1 aromatic rings. The van der Waals surface area contributed by atoms with E-state index in [1.807, 2.05) is 0 Å². The quantitative estimate of drug-likeness (QED) is 0.704. The molecule has 1 atom stereocenters. The van der Waals surface area contributed by atoms with Gasteiger partial charge in [-0.3, -0.25) is 9.80 Å². The molecule has 2 fully saturated rings. The van der Waals surface area contributed by atoms with Crippen molar-refractivity contribution in [3.63, 3.8) is 0 Å². The third-order valence-electron chi connectivity index (χ3n) is 4.45. The predicted octanol–water partition coefficient (Wildman–Crippen LogP) is 1.80. The Morgan fingerprint density at radius 2 is 2.19 bits per heavy atom. The largest absolute Gasteiger partial charge is 0.489 e. The van der Waals surface area contributed by atoms with Gasteiger partial charge in [0.25, 0.3) is 0 Å². The molecule has 1 aromatic carbocycles. The van der Waals surface area contributed by atoms with Gasteiger partial charge in [0, 0.05) is 25.7 Å². The van der Waals surface area contributed by atoms with Gasteiger partial charge < -0.3 is 19.5 Å². The number of halogens is 1. The van der Waals surface area contributed by atoms with Gasteiger partial charge in [-0.15, -0.1) is 0 Å². The van der Waals surface area contributed by atoms with Gasteiger partial charge in [-0.25, -0.2) is 9.18 Å². The number of nitrogens with zero attached hydrogens (tertiary/aromatic N) is 2. The zero-order valence-electron chi connectivity index (χ0n) is 15.3. The van der Waals surface area contributed by atoms with Gasteiger partial charge in [0.05, 0.1) is 37.0 Å². The molecular formula is C18H24FN3O4S. The highest BCUT2D eigenvalue weighted by Gasteiger charge is 2.32. The van der Waals surface area contributed by atoms with Crippen LogP contribution < -0.4 is 15.0 Å². The van der Waals surface area contributed by atoms with Gasteiger partial charge >= 0.3 is 6.09 Å². The van der Waals surface area contributed by atoms with Gasteiger partial charge in [0.1, 0.15) is 12.7 Å². The monoisotopic (exact) mass is 397 g/mol. The molecule has 7 nitrogen and oxygen atoms in total. The molecule has 2 heterocycles. The summed E-state index contributed by atoms with van der Waals surface area (Å²) in [7, 11) is 0. The highest BCUT2D eigenvalue weighted by atomic mass is 32.1. The van der Waals surface area contributed by atoms with Crippen LogP contribution >= 0.6 is 12.2 Å². The first-order valence-corrected chi connectivity index (χ1v) is 9.39. The third-order valence-corrected chi connectivity index (χ3v) is 4.59. The van der Waals surface area contributed by atoms with Gasteiger partial charge in [-0.05, 0) is 19.1 Å². The maximum atomic E-state index is 14.4. The van der Waals surface area contributed by atoms with Gasteiger partial charge in [0.2, 0.25) is 0 Å². The van der Waals surface area contributed by atoms with Gasteiger partial charge in [-0.1, -0.05) is 12.2 Å².